The Hall–Kier alpha value is -0.320. The predicted octanol–water partition coefficient (Wildman–Crippen LogP) is 0.261. The number of ether oxygens (including phenoxy) is 1. The van der Waals surface area contributed by atoms with Gasteiger partial charge in [-0.05, 0) is 12.8 Å². The zero-order valence-electron chi connectivity index (χ0n) is 7.28. The van der Waals surface area contributed by atoms with E-state index in [0.717, 1.165) is 12.8 Å². The highest BCUT2D eigenvalue weighted by atomic mass is 35.5. The summed E-state index contributed by atoms with van der Waals surface area (Å²) in [5.41, 5.74) is -0.627. The molecule has 2 fully saturated rings. The molecule has 76 valence electrons. The first-order chi connectivity index (χ1) is 5.76. The summed E-state index contributed by atoms with van der Waals surface area (Å²) in [5, 5.41) is 12.2. The molecular weight excluding hydrogens is 194 g/mol. The van der Waals surface area contributed by atoms with Crippen LogP contribution in [0, 0.1) is 5.41 Å². The summed E-state index contributed by atoms with van der Waals surface area (Å²) < 4.78 is 5.42. The van der Waals surface area contributed by atoms with Gasteiger partial charge in [0.1, 0.15) is 5.41 Å². The van der Waals surface area contributed by atoms with E-state index in [-0.39, 0.29) is 18.5 Å². The van der Waals surface area contributed by atoms with Crippen molar-refractivity contribution in [3.63, 3.8) is 0 Å². The van der Waals surface area contributed by atoms with E-state index in [9.17, 15) is 4.79 Å². The topological polar surface area (TPSA) is 58.6 Å². The number of hydrogen-bond acceptors (Lipinski definition) is 3. The van der Waals surface area contributed by atoms with Crippen molar-refractivity contribution in [2.75, 3.05) is 19.7 Å². The Kier molecular flexibility index (Phi) is 3.16. The maximum absolute atomic E-state index is 11.0. The van der Waals surface area contributed by atoms with E-state index in [1.54, 1.807) is 0 Å². The van der Waals surface area contributed by atoms with Crippen LogP contribution in [-0.4, -0.2) is 36.9 Å². The number of rotatable bonds is 1. The van der Waals surface area contributed by atoms with Crippen LogP contribution in [0.15, 0.2) is 0 Å². The van der Waals surface area contributed by atoms with Crippen molar-refractivity contribution in [2.45, 2.75) is 18.9 Å². The SMILES string of the molecule is Cl.O=C(O)[C@@]12CCCO[C@@H]1CNC2. The van der Waals surface area contributed by atoms with Gasteiger partial charge in [0.05, 0.1) is 6.10 Å². The van der Waals surface area contributed by atoms with Crippen molar-refractivity contribution in [3.8, 4) is 0 Å². The number of aliphatic carboxylic acids is 1. The number of halogens is 1. The van der Waals surface area contributed by atoms with Crippen molar-refractivity contribution in [1.82, 2.24) is 5.32 Å². The number of carboxylic acid groups (broad SMARTS) is 1. The molecule has 2 rings (SSSR count). The first-order valence-corrected chi connectivity index (χ1v) is 4.31. The molecule has 0 amide bonds. The Bertz CT molecular complexity index is 212. The molecule has 5 heteroatoms. The molecule has 2 aliphatic rings. The second-order valence-electron chi connectivity index (χ2n) is 3.56. The molecule has 0 bridgehead atoms. The Morgan fingerprint density at radius 1 is 1.62 bits per heavy atom. The van der Waals surface area contributed by atoms with Gasteiger partial charge in [0.25, 0.3) is 0 Å². The molecule has 0 unspecified atom stereocenters. The molecule has 13 heavy (non-hydrogen) atoms. The van der Waals surface area contributed by atoms with Crippen molar-refractivity contribution >= 4 is 18.4 Å². The van der Waals surface area contributed by atoms with E-state index in [4.69, 9.17) is 9.84 Å². The number of nitrogens with one attached hydrogen (secondary N) is 1. The highest BCUT2D eigenvalue weighted by Gasteiger charge is 2.51. The van der Waals surface area contributed by atoms with E-state index in [1.807, 2.05) is 0 Å². The summed E-state index contributed by atoms with van der Waals surface area (Å²) in [4.78, 5) is 11.0. The predicted molar refractivity (Wildman–Crippen MR) is 49.2 cm³/mol. The Morgan fingerprint density at radius 2 is 2.38 bits per heavy atom. The molecule has 4 nitrogen and oxygen atoms in total. The van der Waals surface area contributed by atoms with E-state index in [1.165, 1.54) is 0 Å². The third kappa shape index (κ3) is 1.54. The quantitative estimate of drug-likeness (QED) is 0.648. The smallest absolute Gasteiger partial charge is 0.313 e. The maximum Gasteiger partial charge on any atom is 0.313 e. The molecule has 2 saturated heterocycles. The summed E-state index contributed by atoms with van der Waals surface area (Å²) in [6, 6.07) is 0. The molecule has 2 atom stereocenters. The normalized spacial score (nSPS) is 37.7. The lowest BCUT2D eigenvalue weighted by atomic mass is 9.79. The van der Waals surface area contributed by atoms with Gasteiger partial charge in [0.2, 0.25) is 0 Å². The molecule has 0 saturated carbocycles. The van der Waals surface area contributed by atoms with Crippen LogP contribution in [0.25, 0.3) is 0 Å². The molecule has 2 heterocycles. The monoisotopic (exact) mass is 207 g/mol. The van der Waals surface area contributed by atoms with Crippen LogP contribution in [0.1, 0.15) is 12.8 Å². The van der Waals surface area contributed by atoms with Crippen LogP contribution in [-0.2, 0) is 9.53 Å². The maximum atomic E-state index is 11.0. The average molecular weight is 208 g/mol. The second-order valence-corrected chi connectivity index (χ2v) is 3.56. The first-order valence-electron chi connectivity index (χ1n) is 4.31. The summed E-state index contributed by atoms with van der Waals surface area (Å²) >= 11 is 0. The van der Waals surface area contributed by atoms with Crippen LogP contribution in [0.3, 0.4) is 0 Å². The molecule has 2 aliphatic heterocycles. The number of fused-ring (bicyclic) bond motifs is 1. The van der Waals surface area contributed by atoms with Crippen LogP contribution < -0.4 is 5.32 Å². The summed E-state index contributed by atoms with van der Waals surface area (Å²) in [7, 11) is 0. The van der Waals surface area contributed by atoms with Crippen molar-refractivity contribution in [2.24, 2.45) is 5.41 Å². The molecule has 0 spiro atoms. The highest BCUT2D eigenvalue weighted by Crippen LogP contribution is 2.37. The molecule has 0 aliphatic carbocycles. The molecule has 0 aromatic carbocycles. The number of carbonyl (C=O) groups is 1. The molecule has 0 radical (unpaired) electrons. The molecule has 2 N–H and O–H groups in total. The largest absolute Gasteiger partial charge is 0.481 e. The zero-order valence-corrected chi connectivity index (χ0v) is 8.10. The van der Waals surface area contributed by atoms with Gasteiger partial charge in [-0.3, -0.25) is 4.79 Å². The van der Waals surface area contributed by atoms with Gasteiger partial charge in [0.15, 0.2) is 0 Å². The molecule has 0 aromatic heterocycles. The van der Waals surface area contributed by atoms with Gasteiger partial charge in [-0.1, -0.05) is 0 Å². The Morgan fingerprint density at radius 3 is 3.00 bits per heavy atom. The van der Waals surface area contributed by atoms with Gasteiger partial charge in [-0.15, -0.1) is 12.4 Å². The third-order valence-electron chi connectivity index (χ3n) is 2.90. The van der Waals surface area contributed by atoms with Gasteiger partial charge < -0.3 is 15.2 Å². The third-order valence-corrected chi connectivity index (χ3v) is 2.90. The van der Waals surface area contributed by atoms with E-state index in [0.29, 0.717) is 19.7 Å². The van der Waals surface area contributed by atoms with Crippen LogP contribution in [0.2, 0.25) is 0 Å². The Labute approximate surface area is 83.1 Å². The lowest BCUT2D eigenvalue weighted by molar-refractivity contribution is -0.161. The lowest BCUT2D eigenvalue weighted by Crippen LogP contribution is -2.46. The minimum Gasteiger partial charge on any atom is -0.481 e. The number of hydrogen-bond donors (Lipinski definition) is 2. The lowest BCUT2D eigenvalue weighted by Gasteiger charge is -2.34. The zero-order chi connectivity index (χ0) is 8.60. The summed E-state index contributed by atoms with van der Waals surface area (Å²) in [5.74, 6) is -0.711. The fourth-order valence-corrected chi connectivity index (χ4v) is 2.14. The Balaban J connectivity index is 0.000000845. The van der Waals surface area contributed by atoms with E-state index in [2.05, 4.69) is 5.32 Å². The first kappa shape index (κ1) is 10.8. The van der Waals surface area contributed by atoms with Gasteiger partial charge in [0, 0.05) is 19.7 Å². The van der Waals surface area contributed by atoms with E-state index >= 15 is 0 Å². The summed E-state index contributed by atoms with van der Waals surface area (Å²) in [6.07, 6.45) is 1.51. The second kappa shape index (κ2) is 3.82. The van der Waals surface area contributed by atoms with Crippen molar-refractivity contribution in [3.05, 3.63) is 0 Å². The van der Waals surface area contributed by atoms with Gasteiger partial charge in [-0.2, -0.15) is 0 Å². The van der Waals surface area contributed by atoms with Crippen molar-refractivity contribution in [1.29, 1.82) is 0 Å². The fraction of sp³-hybridized carbons (Fsp3) is 0.875. The van der Waals surface area contributed by atoms with Crippen LogP contribution in [0.5, 0.6) is 0 Å². The van der Waals surface area contributed by atoms with Gasteiger partial charge in [-0.25, -0.2) is 0 Å². The van der Waals surface area contributed by atoms with Crippen LogP contribution >= 0.6 is 12.4 Å². The van der Waals surface area contributed by atoms with Crippen molar-refractivity contribution < 1.29 is 14.6 Å². The highest BCUT2D eigenvalue weighted by molar-refractivity contribution is 5.85. The van der Waals surface area contributed by atoms with Crippen LogP contribution in [0.4, 0.5) is 0 Å². The molecular formula is C8H14ClNO3. The van der Waals surface area contributed by atoms with Gasteiger partial charge >= 0.3 is 5.97 Å². The average Bonchev–Trinajstić information content (AvgIpc) is 2.48. The van der Waals surface area contributed by atoms with E-state index < -0.39 is 11.4 Å². The standard InChI is InChI=1S/C8H13NO3.ClH/c10-7(11)8-2-1-3-12-6(8)4-9-5-8;/h6,9H,1-5H2,(H,10,11);1H/t6-,8-;/m1./s1. The minimum atomic E-state index is -0.711. The fourth-order valence-electron chi connectivity index (χ4n) is 2.14. The summed E-state index contributed by atoms with van der Waals surface area (Å²) in [6.45, 7) is 1.96. The number of carboxylic acids is 1. The molecule has 0 aromatic rings. The minimum absolute atomic E-state index is 0.